The molecule has 0 bridgehead atoms. The molecule has 0 amide bonds. The summed E-state index contributed by atoms with van der Waals surface area (Å²) in [4.78, 5) is 55.0. The number of nitrogens with zero attached hydrogens (tertiary/aromatic N) is 4. The highest BCUT2D eigenvalue weighted by atomic mass is 16.5. The maximum atomic E-state index is 12.6. The van der Waals surface area contributed by atoms with Crippen LogP contribution in [0.2, 0.25) is 0 Å². The number of hydrogen-bond donors (Lipinski definition) is 4. The number of methoxy groups -OCH3 is 1. The van der Waals surface area contributed by atoms with Crippen molar-refractivity contribution in [3.8, 4) is 5.75 Å². The average Bonchev–Trinajstić information content (AvgIpc) is 3.03. The van der Waals surface area contributed by atoms with Crippen LogP contribution in [0.15, 0.2) is 24.3 Å². The van der Waals surface area contributed by atoms with Gasteiger partial charge in [0.05, 0.1) is 46.6 Å². The first-order valence-corrected chi connectivity index (χ1v) is 15.7. The molecule has 16 heteroatoms. The third-order valence-electron chi connectivity index (χ3n) is 7.80. The molecule has 47 heavy (non-hydrogen) atoms. The minimum atomic E-state index is -1.22. The van der Waals surface area contributed by atoms with E-state index in [2.05, 4.69) is 0 Å². The van der Waals surface area contributed by atoms with Crippen molar-refractivity contribution in [2.24, 2.45) is 0 Å². The molecular weight excluding hydrogens is 620 g/mol. The summed E-state index contributed by atoms with van der Waals surface area (Å²) in [6.45, 7) is 4.76. The van der Waals surface area contributed by atoms with Crippen LogP contribution in [0, 0.1) is 0 Å². The summed E-state index contributed by atoms with van der Waals surface area (Å²) in [5.74, 6) is -3.24. The minimum Gasteiger partial charge on any atom is -0.491 e. The number of carbonyl (C=O) groups is 4. The molecule has 0 saturated carbocycles. The van der Waals surface area contributed by atoms with Crippen LogP contribution in [-0.4, -0.2) is 188 Å². The number of carboxylic acid groups (broad SMARTS) is 3. The highest BCUT2D eigenvalue weighted by Gasteiger charge is 2.30. The molecule has 1 saturated heterocycles. The van der Waals surface area contributed by atoms with Gasteiger partial charge >= 0.3 is 23.9 Å². The van der Waals surface area contributed by atoms with Crippen molar-refractivity contribution in [1.82, 2.24) is 19.6 Å². The molecule has 2 rings (SSSR count). The number of ether oxygens (including phenoxy) is 4. The number of carbonyl (C=O) groups excluding carboxylic acids is 1. The van der Waals surface area contributed by atoms with E-state index in [1.165, 1.54) is 7.11 Å². The van der Waals surface area contributed by atoms with Crippen LogP contribution in [-0.2, 0) is 39.8 Å². The molecule has 4 N–H and O–H groups in total. The number of aliphatic carboxylic acids is 3. The standard InChI is InChI=1S/C31H50N4O12/c1-3-45-16-17-46-18-19-47-25-6-4-24(5-7-25)20-26(30(40)41)34-12-8-32(21-28(37)38)9-14-35(27(23-36)31(42)43)15-11-33(10-13-34)22-29(39)44-2/h4-7,26-27,36H,3,8-23H2,1-2H3,(H,37,38)(H,40,41)(H,42,43)/t26-,27?/m0/s1. The Kier molecular flexibility index (Phi) is 18.8. The monoisotopic (exact) mass is 670 g/mol. The van der Waals surface area contributed by atoms with Gasteiger partial charge in [-0.05, 0) is 31.0 Å². The average molecular weight is 671 g/mol. The Morgan fingerprint density at radius 2 is 1.23 bits per heavy atom. The first kappa shape index (κ1) is 39.8. The van der Waals surface area contributed by atoms with Gasteiger partial charge in [0, 0.05) is 59.0 Å². The van der Waals surface area contributed by atoms with Crippen molar-refractivity contribution < 1.29 is 58.6 Å². The van der Waals surface area contributed by atoms with Crippen molar-refractivity contribution in [3.05, 3.63) is 29.8 Å². The first-order chi connectivity index (χ1) is 22.6. The molecule has 1 aromatic rings. The van der Waals surface area contributed by atoms with E-state index in [0.717, 1.165) is 5.56 Å². The summed E-state index contributed by atoms with van der Waals surface area (Å²) in [6, 6.07) is 4.95. The Bertz CT molecular complexity index is 1090. The van der Waals surface area contributed by atoms with Gasteiger partial charge < -0.3 is 39.4 Å². The molecule has 0 aliphatic carbocycles. The molecule has 1 aliphatic heterocycles. The van der Waals surface area contributed by atoms with Gasteiger partial charge in [0.25, 0.3) is 0 Å². The van der Waals surface area contributed by atoms with Crippen LogP contribution in [0.5, 0.6) is 5.75 Å². The molecule has 1 heterocycles. The second-order valence-corrected chi connectivity index (χ2v) is 11.0. The topological polar surface area (TPSA) is 199 Å². The van der Waals surface area contributed by atoms with E-state index >= 15 is 0 Å². The van der Waals surface area contributed by atoms with Gasteiger partial charge in [-0.3, -0.25) is 38.8 Å². The predicted octanol–water partition coefficient (Wildman–Crippen LogP) is -0.961. The molecule has 266 valence electrons. The maximum Gasteiger partial charge on any atom is 0.323 e. The van der Waals surface area contributed by atoms with Crippen molar-refractivity contribution in [2.45, 2.75) is 25.4 Å². The quantitative estimate of drug-likeness (QED) is 0.104. The maximum absolute atomic E-state index is 12.6. The van der Waals surface area contributed by atoms with Gasteiger partial charge in [-0.1, -0.05) is 12.1 Å². The summed E-state index contributed by atoms with van der Waals surface area (Å²) < 4.78 is 21.2. The molecule has 1 unspecified atom stereocenters. The van der Waals surface area contributed by atoms with Crippen molar-refractivity contribution in [3.63, 3.8) is 0 Å². The first-order valence-electron chi connectivity index (χ1n) is 15.7. The lowest BCUT2D eigenvalue weighted by atomic mass is 10.0. The number of carboxylic acids is 3. The van der Waals surface area contributed by atoms with Gasteiger partial charge in [0.2, 0.25) is 0 Å². The highest BCUT2D eigenvalue weighted by Crippen LogP contribution is 2.16. The number of esters is 1. The van der Waals surface area contributed by atoms with Crippen molar-refractivity contribution in [1.29, 1.82) is 0 Å². The molecule has 1 aliphatic rings. The Morgan fingerprint density at radius 3 is 1.72 bits per heavy atom. The van der Waals surface area contributed by atoms with Gasteiger partial charge in [0.15, 0.2) is 0 Å². The van der Waals surface area contributed by atoms with Crippen LogP contribution in [0.25, 0.3) is 0 Å². The molecular formula is C31H50N4O12. The van der Waals surface area contributed by atoms with Crippen LogP contribution < -0.4 is 4.74 Å². The zero-order valence-electron chi connectivity index (χ0n) is 27.3. The van der Waals surface area contributed by atoms with Crippen molar-refractivity contribution in [2.75, 3.05) is 112 Å². The normalized spacial score (nSPS) is 17.6. The predicted molar refractivity (Wildman–Crippen MR) is 169 cm³/mol. The zero-order chi connectivity index (χ0) is 34.6. The fraction of sp³-hybridized carbons (Fsp3) is 0.677. The van der Waals surface area contributed by atoms with Gasteiger partial charge in [0.1, 0.15) is 24.4 Å². The van der Waals surface area contributed by atoms with Crippen LogP contribution in [0.4, 0.5) is 0 Å². The molecule has 1 aromatic carbocycles. The Hall–Kier alpha value is -3.38. The molecule has 0 spiro atoms. The third kappa shape index (κ3) is 15.4. The summed E-state index contributed by atoms with van der Waals surface area (Å²) in [5, 5.41) is 39.3. The van der Waals surface area contributed by atoms with Gasteiger partial charge in [-0.2, -0.15) is 0 Å². The van der Waals surface area contributed by atoms with E-state index in [4.69, 9.17) is 18.9 Å². The van der Waals surface area contributed by atoms with Crippen molar-refractivity contribution >= 4 is 23.9 Å². The van der Waals surface area contributed by atoms with E-state index in [0.29, 0.717) is 38.8 Å². The summed E-state index contributed by atoms with van der Waals surface area (Å²) >= 11 is 0. The lowest BCUT2D eigenvalue weighted by Gasteiger charge is -2.36. The molecule has 0 aromatic heterocycles. The van der Waals surface area contributed by atoms with Crippen LogP contribution in [0.1, 0.15) is 12.5 Å². The molecule has 1 fully saturated rings. The number of aliphatic hydroxyl groups excluding tert-OH is 1. The smallest absolute Gasteiger partial charge is 0.323 e. The van der Waals surface area contributed by atoms with E-state index in [1.54, 1.807) is 43.9 Å². The number of rotatable bonds is 19. The van der Waals surface area contributed by atoms with Gasteiger partial charge in [-0.15, -0.1) is 0 Å². The molecule has 2 atom stereocenters. The minimum absolute atomic E-state index is 0.100. The summed E-state index contributed by atoms with van der Waals surface area (Å²) in [6.07, 6.45) is 0.163. The second kappa shape index (κ2) is 22.2. The molecule has 0 radical (unpaired) electrons. The Balaban J connectivity index is 2.20. The SMILES string of the molecule is CCOCCOCCOc1ccc(C[C@@H](C(=O)O)N2CCN(CC(=O)O)CCN(C(CO)C(=O)O)CCN(CC(=O)OC)CC2)cc1. The Labute approximate surface area is 275 Å². The summed E-state index contributed by atoms with van der Waals surface area (Å²) in [5.41, 5.74) is 0.761. The van der Waals surface area contributed by atoms with E-state index in [-0.39, 0.29) is 71.9 Å². The lowest BCUT2D eigenvalue weighted by molar-refractivity contribution is -0.146. The summed E-state index contributed by atoms with van der Waals surface area (Å²) in [7, 11) is 1.26. The number of hydrogen-bond acceptors (Lipinski definition) is 13. The van der Waals surface area contributed by atoms with Crippen LogP contribution >= 0.6 is 0 Å². The zero-order valence-corrected chi connectivity index (χ0v) is 27.3. The highest BCUT2D eigenvalue weighted by molar-refractivity contribution is 5.74. The number of benzene rings is 1. The largest absolute Gasteiger partial charge is 0.491 e. The fourth-order valence-electron chi connectivity index (χ4n) is 5.15. The lowest BCUT2D eigenvalue weighted by Crippen LogP contribution is -2.54. The van der Waals surface area contributed by atoms with Gasteiger partial charge in [-0.25, -0.2) is 0 Å². The van der Waals surface area contributed by atoms with E-state index in [1.807, 2.05) is 6.92 Å². The Morgan fingerprint density at radius 1 is 0.723 bits per heavy atom. The second-order valence-electron chi connectivity index (χ2n) is 11.0. The van der Waals surface area contributed by atoms with E-state index in [9.17, 15) is 39.6 Å². The van der Waals surface area contributed by atoms with Crippen LogP contribution in [0.3, 0.4) is 0 Å². The number of aliphatic hydroxyl groups is 1. The molecule has 16 nitrogen and oxygen atoms in total. The third-order valence-corrected chi connectivity index (χ3v) is 7.80. The fourth-order valence-corrected chi connectivity index (χ4v) is 5.15. The van der Waals surface area contributed by atoms with E-state index < -0.39 is 42.6 Å².